The molecule has 0 aliphatic carbocycles. The first-order valence-electron chi connectivity index (χ1n) is 4.34. The van der Waals surface area contributed by atoms with Gasteiger partial charge in [0.25, 0.3) is 0 Å². The summed E-state index contributed by atoms with van der Waals surface area (Å²) in [6.07, 6.45) is 0.946. The fourth-order valence-corrected chi connectivity index (χ4v) is 1.79. The Morgan fingerprint density at radius 2 is 2.40 bits per heavy atom. The van der Waals surface area contributed by atoms with Crippen LogP contribution in [-0.4, -0.2) is 22.0 Å². The monoisotopic (exact) mass is 220 g/mol. The number of aromatic nitrogens is 2. The normalized spacial score (nSPS) is 10.1. The van der Waals surface area contributed by atoms with Gasteiger partial charge < -0.3 is 4.98 Å². The number of ketones is 1. The third-order valence-corrected chi connectivity index (χ3v) is 2.60. The molecule has 0 aromatic carbocycles. The number of carbonyl (C=O) groups excluding carboxylic acids is 2. The van der Waals surface area contributed by atoms with Crippen molar-refractivity contribution in [1.29, 1.82) is 0 Å². The number of nitrogens with zero attached hydrogens (tertiary/aromatic N) is 1. The van der Waals surface area contributed by atoms with E-state index < -0.39 is 0 Å². The lowest BCUT2D eigenvalue weighted by atomic mass is 10.2. The topological polar surface area (TPSA) is 62.8 Å². The largest absolute Gasteiger partial charge is 0.350 e. The van der Waals surface area contributed by atoms with Crippen molar-refractivity contribution in [2.24, 2.45) is 0 Å². The zero-order valence-electron chi connectivity index (χ0n) is 7.77. The van der Waals surface area contributed by atoms with E-state index in [4.69, 9.17) is 0 Å². The van der Waals surface area contributed by atoms with E-state index in [1.165, 1.54) is 11.3 Å². The van der Waals surface area contributed by atoms with Crippen molar-refractivity contribution in [2.45, 2.75) is 6.42 Å². The standard InChI is InChI=1S/C10H8N2O2S/c13-4-7-1-2-9(12-7)10(14)3-8-5-15-6-11-8/h1-2,4-6,12H,3H2. The summed E-state index contributed by atoms with van der Waals surface area (Å²) in [6.45, 7) is 0. The molecule has 0 saturated carbocycles. The predicted octanol–water partition coefficient (Wildman–Crippen LogP) is 1.71. The third-order valence-electron chi connectivity index (χ3n) is 1.96. The zero-order chi connectivity index (χ0) is 10.7. The average Bonchev–Trinajstić information content (AvgIpc) is 2.86. The second-order valence-corrected chi connectivity index (χ2v) is 3.74. The molecule has 0 atom stereocenters. The lowest BCUT2D eigenvalue weighted by Crippen LogP contribution is -2.04. The average molecular weight is 220 g/mol. The molecule has 2 heterocycles. The highest BCUT2D eigenvalue weighted by Crippen LogP contribution is 2.07. The first-order chi connectivity index (χ1) is 7.29. The molecule has 0 aliphatic heterocycles. The van der Waals surface area contributed by atoms with Crippen molar-refractivity contribution in [2.75, 3.05) is 0 Å². The summed E-state index contributed by atoms with van der Waals surface area (Å²) in [5, 5.41) is 1.83. The summed E-state index contributed by atoms with van der Waals surface area (Å²) in [7, 11) is 0. The van der Waals surface area contributed by atoms with Crippen LogP contribution >= 0.6 is 11.3 Å². The van der Waals surface area contributed by atoms with Gasteiger partial charge in [0, 0.05) is 5.38 Å². The molecule has 0 fully saturated rings. The molecule has 5 heteroatoms. The molecular formula is C10H8N2O2S. The van der Waals surface area contributed by atoms with Crippen molar-refractivity contribution in [3.05, 3.63) is 40.1 Å². The number of thiazole rings is 1. The second kappa shape index (κ2) is 4.18. The fourth-order valence-electron chi connectivity index (χ4n) is 1.23. The van der Waals surface area contributed by atoms with E-state index in [1.54, 1.807) is 17.6 Å². The van der Waals surface area contributed by atoms with E-state index in [0.717, 1.165) is 5.69 Å². The number of hydrogen-bond donors (Lipinski definition) is 1. The van der Waals surface area contributed by atoms with Crippen LogP contribution in [0.25, 0.3) is 0 Å². The molecule has 1 N–H and O–H groups in total. The van der Waals surface area contributed by atoms with Crippen molar-refractivity contribution in [3.8, 4) is 0 Å². The molecule has 0 aliphatic rings. The summed E-state index contributed by atoms with van der Waals surface area (Å²) >= 11 is 1.46. The first kappa shape index (κ1) is 9.79. The Balaban J connectivity index is 2.11. The van der Waals surface area contributed by atoms with E-state index in [9.17, 15) is 9.59 Å². The molecule has 15 heavy (non-hydrogen) atoms. The molecule has 0 spiro atoms. The smallest absolute Gasteiger partial charge is 0.184 e. The van der Waals surface area contributed by atoms with Gasteiger partial charge in [-0.2, -0.15) is 0 Å². The maximum Gasteiger partial charge on any atom is 0.184 e. The first-order valence-corrected chi connectivity index (χ1v) is 5.28. The minimum atomic E-state index is -0.0611. The van der Waals surface area contributed by atoms with E-state index in [2.05, 4.69) is 9.97 Å². The van der Waals surface area contributed by atoms with Crippen LogP contribution in [-0.2, 0) is 6.42 Å². The summed E-state index contributed by atoms with van der Waals surface area (Å²) < 4.78 is 0. The number of Topliss-reactive ketones (excluding diaryl/α,β-unsaturated/α-hetero) is 1. The Kier molecular flexibility index (Phi) is 2.73. The van der Waals surface area contributed by atoms with Gasteiger partial charge in [-0.05, 0) is 12.1 Å². The number of rotatable bonds is 4. The van der Waals surface area contributed by atoms with Gasteiger partial charge in [0.15, 0.2) is 12.1 Å². The molecule has 4 nitrogen and oxygen atoms in total. The number of aldehydes is 1. The Hall–Kier alpha value is -1.75. The predicted molar refractivity (Wildman–Crippen MR) is 56.3 cm³/mol. The van der Waals surface area contributed by atoms with Gasteiger partial charge in [0.05, 0.1) is 29.0 Å². The molecule has 0 amide bonds. The van der Waals surface area contributed by atoms with Crippen molar-refractivity contribution in [1.82, 2.24) is 9.97 Å². The van der Waals surface area contributed by atoms with Crippen LogP contribution in [0.4, 0.5) is 0 Å². The number of nitrogens with one attached hydrogen (secondary N) is 1. The number of hydrogen-bond acceptors (Lipinski definition) is 4. The van der Waals surface area contributed by atoms with Crippen LogP contribution in [0.1, 0.15) is 26.7 Å². The third kappa shape index (κ3) is 2.19. The molecule has 76 valence electrons. The zero-order valence-corrected chi connectivity index (χ0v) is 8.58. The van der Waals surface area contributed by atoms with Crippen LogP contribution in [0.5, 0.6) is 0 Å². The fraction of sp³-hybridized carbons (Fsp3) is 0.100. The molecule has 0 unspecified atom stereocenters. The molecule has 0 radical (unpaired) electrons. The summed E-state index contributed by atoms with van der Waals surface area (Å²) in [5.74, 6) is -0.0611. The Morgan fingerprint density at radius 3 is 3.00 bits per heavy atom. The Bertz CT molecular complexity index is 473. The summed E-state index contributed by atoms with van der Waals surface area (Å²) in [4.78, 5) is 28.8. The van der Waals surface area contributed by atoms with Gasteiger partial charge >= 0.3 is 0 Å². The van der Waals surface area contributed by atoms with Crippen LogP contribution in [0, 0.1) is 0 Å². The summed E-state index contributed by atoms with van der Waals surface area (Å²) in [5.41, 5.74) is 3.31. The molecule has 2 rings (SSSR count). The second-order valence-electron chi connectivity index (χ2n) is 3.02. The van der Waals surface area contributed by atoms with Gasteiger partial charge in [-0.15, -0.1) is 11.3 Å². The van der Waals surface area contributed by atoms with Crippen LogP contribution in [0.3, 0.4) is 0 Å². The molecular weight excluding hydrogens is 212 g/mol. The quantitative estimate of drug-likeness (QED) is 0.630. The van der Waals surface area contributed by atoms with Gasteiger partial charge in [0.2, 0.25) is 0 Å². The maximum absolute atomic E-state index is 11.7. The van der Waals surface area contributed by atoms with E-state index >= 15 is 0 Å². The minimum absolute atomic E-state index is 0.0611. The highest BCUT2D eigenvalue weighted by molar-refractivity contribution is 7.07. The highest BCUT2D eigenvalue weighted by atomic mass is 32.1. The number of H-pyrrole nitrogens is 1. The van der Waals surface area contributed by atoms with Crippen molar-refractivity contribution < 1.29 is 9.59 Å². The maximum atomic E-state index is 11.7. The number of aromatic amines is 1. The van der Waals surface area contributed by atoms with Crippen LogP contribution in [0.2, 0.25) is 0 Å². The lowest BCUT2D eigenvalue weighted by Gasteiger charge is -1.94. The molecule has 2 aromatic heterocycles. The Morgan fingerprint density at radius 1 is 1.53 bits per heavy atom. The highest BCUT2D eigenvalue weighted by Gasteiger charge is 2.10. The molecule has 2 aromatic rings. The lowest BCUT2D eigenvalue weighted by molar-refractivity contribution is 0.0988. The van der Waals surface area contributed by atoms with Crippen molar-refractivity contribution in [3.63, 3.8) is 0 Å². The Labute approximate surface area is 90.0 Å². The van der Waals surface area contributed by atoms with Gasteiger partial charge in [-0.25, -0.2) is 4.98 Å². The van der Waals surface area contributed by atoms with Crippen LogP contribution in [0.15, 0.2) is 23.0 Å². The van der Waals surface area contributed by atoms with Gasteiger partial charge in [-0.1, -0.05) is 0 Å². The van der Waals surface area contributed by atoms with Crippen molar-refractivity contribution >= 4 is 23.4 Å². The van der Waals surface area contributed by atoms with E-state index in [0.29, 0.717) is 17.7 Å². The molecule has 0 saturated heterocycles. The SMILES string of the molecule is O=Cc1ccc(C(=O)Cc2cscn2)[nH]1. The van der Waals surface area contributed by atoms with E-state index in [1.807, 2.05) is 5.38 Å². The minimum Gasteiger partial charge on any atom is -0.350 e. The van der Waals surface area contributed by atoms with Crippen LogP contribution < -0.4 is 0 Å². The number of carbonyl (C=O) groups is 2. The summed E-state index contributed by atoms with van der Waals surface area (Å²) in [6, 6.07) is 3.19. The van der Waals surface area contributed by atoms with Gasteiger partial charge in [0.1, 0.15) is 0 Å². The van der Waals surface area contributed by atoms with E-state index in [-0.39, 0.29) is 12.2 Å². The molecule has 0 bridgehead atoms. The van der Waals surface area contributed by atoms with Gasteiger partial charge in [-0.3, -0.25) is 9.59 Å².